The van der Waals surface area contributed by atoms with Crippen molar-refractivity contribution in [3.8, 4) is 0 Å². The number of piperidine rings is 1. The van der Waals surface area contributed by atoms with Gasteiger partial charge in [0.15, 0.2) is 5.57 Å². The number of nitrogens with zero attached hydrogens (tertiary/aromatic N) is 1. The molecular weight excluding hydrogens is 657 g/mol. The molecule has 2 aromatic carbocycles. The van der Waals surface area contributed by atoms with Crippen molar-refractivity contribution in [1.82, 2.24) is 5.32 Å². The first kappa shape index (κ1) is 35.3. The van der Waals surface area contributed by atoms with Gasteiger partial charge in [0, 0.05) is 36.7 Å². The molecule has 2 heterocycles. The Kier molecular flexibility index (Phi) is 9.29. The first-order chi connectivity index (χ1) is 24.4. The Balaban J connectivity index is 1.23. The lowest BCUT2D eigenvalue weighted by molar-refractivity contribution is -0.958. The van der Waals surface area contributed by atoms with Crippen LogP contribution in [0.4, 0.5) is 13.2 Å². The highest BCUT2D eigenvalue weighted by Gasteiger charge is 2.71. The number of esters is 1. The van der Waals surface area contributed by atoms with Crippen LogP contribution in [0.1, 0.15) is 63.0 Å². The van der Waals surface area contributed by atoms with E-state index in [1.807, 2.05) is 18.2 Å². The summed E-state index contributed by atoms with van der Waals surface area (Å²) in [6.07, 6.45) is 6.38. The molecule has 0 radical (unpaired) electrons. The monoisotopic (exact) mass is 703 g/mol. The third-order valence-electron chi connectivity index (χ3n) is 12.2. The molecule has 3 unspecified atom stereocenters. The highest BCUT2D eigenvalue weighted by Crippen LogP contribution is 2.67. The van der Waals surface area contributed by atoms with Gasteiger partial charge in [-0.2, -0.15) is 13.2 Å². The Hall–Kier alpha value is -4.15. The number of aryl methyl sites for hydroxylation is 1. The minimum absolute atomic E-state index is 0.169. The average Bonchev–Trinajstić information content (AvgIpc) is 3.45. The molecule has 2 saturated heterocycles. The summed E-state index contributed by atoms with van der Waals surface area (Å²) in [5, 5.41) is 13.2. The number of nitrogens with one attached hydrogen (secondary N) is 1. The van der Waals surface area contributed by atoms with Crippen molar-refractivity contribution in [3.05, 3.63) is 113 Å². The van der Waals surface area contributed by atoms with Gasteiger partial charge in [0.2, 0.25) is 5.72 Å². The van der Waals surface area contributed by atoms with Gasteiger partial charge in [-0.25, -0.2) is 0 Å². The lowest BCUT2D eigenvalue weighted by atomic mass is 9.50. The number of allylic oxidation sites excluding steroid dienone is 1. The van der Waals surface area contributed by atoms with Crippen molar-refractivity contribution in [2.24, 2.45) is 11.3 Å². The second-order valence-electron chi connectivity index (χ2n) is 14.9. The van der Waals surface area contributed by atoms with Crippen molar-refractivity contribution in [3.63, 3.8) is 0 Å². The molecule has 5 aliphatic rings. The summed E-state index contributed by atoms with van der Waals surface area (Å²) in [5.74, 6) is -3.35. The lowest BCUT2D eigenvalue weighted by Crippen LogP contribution is -2.70. The molecule has 7 rings (SSSR count). The Morgan fingerprint density at radius 1 is 1.10 bits per heavy atom. The quantitative estimate of drug-likeness (QED) is 0.0482. The number of aliphatic hydroxyl groups excluding tert-OH is 1. The number of carbonyl (C=O) groups is 2. The molecule has 3 fully saturated rings. The number of carbonyl (C=O) groups excluding carboxylic acids is 2. The summed E-state index contributed by atoms with van der Waals surface area (Å²) >= 11 is 0. The Bertz CT molecular complexity index is 1770. The Morgan fingerprint density at radius 3 is 2.51 bits per heavy atom. The number of unbranched alkanes of at least 4 members (excludes halogenated alkanes) is 1. The molecule has 270 valence electrons. The third kappa shape index (κ3) is 6.04. The van der Waals surface area contributed by atoms with Crippen molar-refractivity contribution in [1.29, 1.82) is 0 Å². The second-order valence-corrected chi connectivity index (χ2v) is 14.9. The van der Waals surface area contributed by atoms with E-state index in [1.54, 1.807) is 6.07 Å². The molecule has 1 spiro atoms. The zero-order valence-electron chi connectivity index (χ0n) is 29.0. The fourth-order valence-electron chi connectivity index (χ4n) is 10.3. The number of hydrogen-bond donors (Lipinski definition) is 2. The molecule has 51 heavy (non-hydrogen) atoms. The largest absolute Gasteiger partial charge is 0.506 e. The first-order valence-corrected chi connectivity index (χ1v) is 18.1. The fourth-order valence-corrected chi connectivity index (χ4v) is 10.3. The topological polar surface area (TPSA) is 84.9 Å². The average molecular weight is 704 g/mol. The third-order valence-corrected chi connectivity index (χ3v) is 12.2. The SMILES string of the molecule is C=CC[N+]1(CCCCc2ccccc2)CC[C@]23C4=C5C=CC(NC(=O)C(=C(O)c6ccccc6)C(F)(F)F)(OC(C)=O)C4O[C@H]2CCC[C@H]3[C@H]1C5. The van der Waals surface area contributed by atoms with Crippen molar-refractivity contribution in [2.45, 2.75) is 88.4 Å². The summed E-state index contributed by atoms with van der Waals surface area (Å²) in [4.78, 5) is 26.4. The van der Waals surface area contributed by atoms with E-state index in [-0.39, 0.29) is 23.0 Å². The van der Waals surface area contributed by atoms with Crippen LogP contribution in [0.2, 0.25) is 0 Å². The van der Waals surface area contributed by atoms with Crippen molar-refractivity contribution >= 4 is 17.6 Å². The van der Waals surface area contributed by atoms with Gasteiger partial charge in [0.05, 0.1) is 31.8 Å². The van der Waals surface area contributed by atoms with Crippen molar-refractivity contribution < 1.29 is 41.8 Å². The minimum atomic E-state index is -5.21. The Labute approximate surface area is 297 Å². The molecule has 7 nitrogen and oxygen atoms in total. The number of halogens is 3. The van der Waals surface area contributed by atoms with E-state index in [2.05, 4.69) is 36.2 Å². The summed E-state index contributed by atoms with van der Waals surface area (Å²) in [6, 6.07) is 17.9. The number of ether oxygens (including phenoxy) is 2. The number of alkyl halides is 3. The molecule has 10 heteroatoms. The van der Waals surface area contributed by atoms with E-state index in [0.717, 1.165) is 93.6 Å². The van der Waals surface area contributed by atoms with Crippen LogP contribution in [0.15, 0.2) is 102 Å². The molecule has 0 aromatic heterocycles. The number of likely N-dealkylation sites (tertiary alicyclic amines) is 1. The summed E-state index contributed by atoms with van der Waals surface area (Å²) in [6.45, 7) is 8.12. The van der Waals surface area contributed by atoms with Gasteiger partial charge in [-0.1, -0.05) is 79.7 Å². The van der Waals surface area contributed by atoms with Crippen LogP contribution in [0.3, 0.4) is 0 Å². The normalized spacial score (nSPS) is 32.5. The highest BCUT2D eigenvalue weighted by molar-refractivity contribution is 6.01. The van der Waals surface area contributed by atoms with Gasteiger partial charge in [-0.05, 0) is 61.0 Å². The van der Waals surface area contributed by atoms with E-state index in [0.29, 0.717) is 6.04 Å². The van der Waals surface area contributed by atoms with Gasteiger partial charge in [0.25, 0.3) is 5.91 Å². The van der Waals surface area contributed by atoms with Crippen LogP contribution in [0, 0.1) is 11.3 Å². The maximum absolute atomic E-state index is 14.5. The summed E-state index contributed by atoms with van der Waals surface area (Å²) in [7, 11) is 0. The predicted octanol–water partition coefficient (Wildman–Crippen LogP) is 7.52. The van der Waals surface area contributed by atoms with Gasteiger partial charge in [-0.15, -0.1) is 0 Å². The number of aliphatic hydroxyl groups is 1. The lowest BCUT2D eigenvalue weighted by Gasteiger charge is -2.62. The highest BCUT2D eigenvalue weighted by atomic mass is 19.4. The molecule has 7 atom stereocenters. The number of hydrogen-bond acceptors (Lipinski definition) is 5. The standard InChI is InChI=1S/C41H45F3N2O5/c1-3-23-46(24-11-10-15-28-13-6-4-7-14-28)25-22-39-31-18-12-19-33(39)50-37-34(39)30(26-32(31)46)20-21-40(37,51-27(2)47)45-38(49)35(41(42,43)44)36(48)29-16-8-5-9-17-29/h3-9,13-14,16-17,20-21,31-33,37H,1,10-12,15,18-19,22-26H2,2H3,(H-,45,48,49)/p+1/t31-,32+,33-,37?,39+,40?,46?/m0/s1. The van der Waals surface area contributed by atoms with E-state index in [4.69, 9.17) is 9.47 Å². The zero-order chi connectivity index (χ0) is 36.0. The predicted molar refractivity (Wildman–Crippen MR) is 187 cm³/mol. The molecule has 1 saturated carbocycles. The second kappa shape index (κ2) is 13.4. The van der Waals surface area contributed by atoms with Crippen molar-refractivity contribution in [2.75, 3.05) is 19.6 Å². The van der Waals surface area contributed by atoms with Gasteiger partial charge in [-0.3, -0.25) is 9.59 Å². The van der Waals surface area contributed by atoms with E-state index in [9.17, 15) is 27.9 Å². The summed E-state index contributed by atoms with van der Waals surface area (Å²) < 4.78 is 57.2. The van der Waals surface area contributed by atoms with Gasteiger partial charge >= 0.3 is 12.1 Å². The first-order valence-electron chi connectivity index (χ1n) is 18.1. The fraction of sp³-hybridized carbons (Fsp3) is 0.463. The summed E-state index contributed by atoms with van der Waals surface area (Å²) in [5.41, 5.74) is -1.03. The number of benzene rings is 2. The number of quaternary nitrogens is 1. The Morgan fingerprint density at radius 2 is 1.82 bits per heavy atom. The van der Waals surface area contributed by atoms with Crippen LogP contribution < -0.4 is 5.32 Å². The van der Waals surface area contributed by atoms with E-state index < -0.39 is 41.2 Å². The molecule has 2 N–H and O–H groups in total. The van der Waals surface area contributed by atoms with Gasteiger partial charge in [0.1, 0.15) is 11.9 Å². The molecule has 2 aliphatic heterocycles. The smallest absolute Gasteiger partial charge is 0.425 e. The van der Waals surface area contributed by atoms with Crippen LogP contribution in [0.25, 0.3) is 5.76 Å². The van der Waals surface area contributed by atoms with Gasteiger partial charge < -0.3 is 24.4 Å². The molecule has 3 aliphatic carbocycles. The maximum Gasteiger partial charge on any atom is 0.425 e. The maximum atomic E-state index is 14.5. The van der Waals surface area contributed by atoms with E-state index >= 15 is 0 Å². The molecule has 2 aromatic rings. The van der Waals surface area contributed by atoms with Crippen LogP contribution >= 0.6 is 0 Å². The minimum Gasteiger partial charge on any atom is -0.506 e. The molecular formula is C41H46F3N2O5+. The van der Waals surface area contributed by atoms with Crippen LogP contribution in [-0.2, 0) is 25.5 Å². The van der Waals surface area contributed by atoms with Crippen LogP contribution in [0.5, 0.6) is 0 Å². The molecule has 1 amide bonds. The van der Waals surface area contributed by atoms with E-state index in [1.165, 1.54) is 35.9 Å². The number of amides is 1. The zero-order valence-corrected chi connectivity index (χ0v) is 29.0. The number of rotatable bonds is 11. The molecule has 2 bridgehead atoms. The van der Waals surface area contributed by atoms with Crippen LogP contribution in [-0.4, -0.2) is 71.3 Å².